The van der Waals surface area contributed by atoms with Crippen LogP contribution in [-0.2, 0) is 39.6 Å². The average molecular weight is 554 g/mol. The van der Waals surface area contributed by atoms with Gasteiger partial charge in [-0.05, 0) is 6.20 Å². The summed E-state index contributed by atoms with van der Waals surface area (Å²) >= 11 is 0. The van der Waals surface area contributed by atoms with Gasteiger partial charge in [0.15, 0.2) is 0 Å². The van der Waals surface area contributed by atoms with Crippen LogP contribution in [0.25, 0.3) is 0 Å². The molecule has 0 amide bonds. The third-order valence-electron chi connectivity index (χ3n) is 0.750. The maximum Gasteiger partial charge on any atom is 0 e. The Morgan fingerprint density at radius 3 is 2.22 bits per heavy atom. The second-order valence-corrected chi connectivity index (χ2v) is 1.36. The zero-order chi connectivity index (χ0) is 4.41. The van der Waals surface area contributed by atoms with Crippen LogP contribution in [0.3, 0.4) is 0 Å². The van der Waals surface area contributed by atoms with Gasteiger partial charge < -0.3 is 12.2 Å². The molecule has 1 radical (unpaired) electrons. The van der Waals surface area contributed by atoms with E-state index < -0.39 is 0 Å². The van der Waals surface area contributed by atoms with Gasteiger partial charge in [0.25, 0.3) is 0 Å². The van der Waals surface area contributed by atoms with Gasteiger partial charge in [0.2, 0.25) is 0 Å². The van der Waals surface area contributed by atoms with Crippen LogP contribution in [0.15, 0.2) is 12.3 Å². The monoisotopic (exact) mass is 554 g/mol. The second-order valence-electron chi connectivity index (χ2n) is 1.36. The third-order valence-corrected chi connectivity index (χ3v) is 0.750. The van der Waals surface area contributed by atoms with E-state index in [4.69, 9.17) is 0 Å². The molecule has 4 heteroatoms. The second kappa shape index (κ2) is 9.86. The van der Waals surface area contributed by atoms with Crippen LogP contribution in [0, 0.1) is 50.5 Å². The normalized spacial score (nSPS) is 20.3. The molecule has 1 unspecified atom stereocenters. The molecule has 49 valence electrons. The fraction of sp³-hybridized carbons (Fsp3) is 0.200. The standard InChI is InChI=1S/C5H7N.U.V.W/c1-5-2-3-6-4-5;;;/h2-6H,1H2;;;/q-2;;;. The van der Waals surface area contributed by atoms with Crippen LogP contribution in [0.1, 0.15) is 0 Å². The van der Waals surface area contributed by atoms with Crippen molar-refractivity contribution in [1.82, 2.24) is 5.32 Å². The van der Waals surface area contributed by atoms with Crippen molar-refractivity contribution >= 4 is 0 Å². The molecule has 1 atom stereocenters. The van der Waals surface area contributed by atoms with Crippen molar-refractivity contribution < 1.29 is 70.7 Å². The van der Waals surface area contributed by atoms with Crippen molar-refractivity contribution in [2.75, 3.05) is 0 Å². The molecule has 0 aromatic rings. The summed E-state index contributed by atoms with van der Waals surface area (Å²) in [6.45, 7) is 5.66. The quantitative estimate of drug-likeness (QED) is 0.436. The summed E-state index contributed by atoms with van der Waals surface area (Å²) < 4.78 is 0. The molecule has 1 aliphatic rings. The Hall–Kier alpha value is 1.86. The molecule has 1 nitrogen and oxygen atoms in total. The minimum atomic E-state index is 0. The fourth-order valence-electron chi connectivity index (χ4n) is 0.414. The first kappa shape index (κ1) is 17.1. The average Bonchev–Trinajstić information content (AvgIpc) is 1.86. The molecule has 0 saturated carbocycles. The minimum Gasteiger partial charge on any atom is -0.543 e. The largest absolute Gasteiger partial charge is 0.543 e. The molecular formula is C5H7NUVW-2. The molecule has 1 aliphatic heterocycles. The Morgan fingerprint density at radius 2 is 2.11 bits per heavy atom. The van der Waals surface area contributed by atoms with E-state index in [9.17, 15) is 0 Å². The topological polar surface area (TPSA) is 12.0 Å². The zero-order valence-electron chi connectivity index (χ0n) is 4.87. The first-order valence-corrected chi connectivity index (χ1v) is 1.99. The van der Waals surface area contributed by atoms with E-state index in [1.54, 1.807) is 0 Å². The molecule has 0 fully saturated rings. The summed E-state index contributed by atoms with van der Waals surface area (Å²) in [5.74, 6) is 0.380. The molecule has 1 rings (SSSR count). The zero-order valence-corrected chi connectivity index (χ0v) is 13.4. The fourth-order valence-corrected chi connectivity index (χ4v) is 0.414. The van der Waals surface area contributed by atoms with Gasteiger partial charge in [-0.25, -0.2) is 0 Å². The summed E-state index contributed by atoms with van der Waals surface area (Å²) in [5.41, 5.74) is 0. The van der Waals surface area contributed by atoms with Gasteiger partial charge in [0.05, 0.1) is 0 Å². The molecule has 0 spiro atoms. The number of hydrogen-bond acceptors (Lipinski definition) is 1. The van der Waals surface area contributed by atoms with Crippen LogP contribution in [-0.4, -0.2) is 0 Å². The van der Waals surface area contributed by atoms with Gasteiger partial charge in [0, 0.05) is 70.7 Å². The van der Waals surface area contributed by atoms with Crippen molar-refractivity contribution in [2.45, 2.75) is 0 Å². The first-order chi connectivity index (χ1) is 2.89. The molecule has 0 aromatic heterocycles. The van der Waals surface area contributed by atoms with Gasteiger partial charge in [-0.2, -0.15) is 0 Å². The first-order valence-electron chi connectivity index (χ1n) is 1.99. The van der Waals surface area contributed by atoms with E-state index in [-0.39, 0.29) is 70.7 Å². The molecule has 1 N–H and O–H groups in total. The van der Waals surface area contributed by atoms with Gasteiger partial charge in [-0.3, -0.25) is 12.5 Å². The third kappa shape index (κ3) is 7.76. The van der Waals surface area contributed by atoms with Crippen molar-refractivity contribution in [1.29, 1.82) is 0 Å². The van der Waals surface area contributed by atoms with Crippen molar-refractivity contribution in [2.24, 2.45) is 5.92 Å². The van der Waals surface area contributed by atoms with E-state index in [2.05, 4.69) is 12.2 Å². The van der Waals surface area contributed by atoms with Gasteiger partial charge in [-0.15, -0.1) is 6.08 Å². The molecule has 0 aliphatic carbocycles. The Labute approximate surface area is 106 Å². The Balaban J connectivity index is -0.000000120. The van der Waals surface area contributed by atoms with E-state index in [0.717, 1.165) is 0 Å². The van der Waals surface area contributed by atoms with Crippen LogP contribution < -0.4 is 5.32 Å². The number of rotatable bonds is 0. The summed E-state index contributed by atoms with van der Waals surface area (Å²) in [6, 6.07) is 0. The van der Waals surface area contributed by atoms with E-state index in [1.807, 2.05) is 18.8 Å². The predicted octanol–water partition coefficient (Wildman–Crippen LogP) is 0.710. The van der Waals surface area contributed by atoms with E-state index >= 15 is 0 Å². The van der Waals surface area contributed by atoms with Gasteiger partial charge in [-0.1, -0.05) is 0 Å². The molecular weight excluding hydrogens is 547 g/mol. The van der Waals surface area contributed by atoms with Crippen LogP contribution >= 0.6 is 0 Å². The minimum absolute atomic E-state index is 0. The van der Waals surface area contributed by atoms with Crippen molar-refractivity contribution in [3.05, 3.63) is 25.7 Å². The van der Waals surface area contributed by atoms with Crippen LogP contribution in [0.5, 0.6) is 0 Å². The van der Waals surface area contributed by atoms with E-state index in [1.165, 1.54) is 0 Å². The molecule has 0 saturated heterocycles. The molecule has 0 bridgehead atoms. The van der Waals surface area contributed by atoms with Crippen molar-refractivity contribution in [3.63, 3.8) is 0 Å². The van der Waals surface area contributed by atoms with Crippen molar-refractivity contribution in [3.8, 4) is 0 Å². The summed E-state index contributed by atoms with van der Waals surface area (Å²) in [5, 5.41) is 2.90. The number of nitrogens with one attached hydrogen (secondary N) is 1. The Kier molecular flexibility index (Phi) is 18.7. The van der Waals surface area contributed by atoms with Crippen LogP contribution in [0.4, 0.5) is 0 Å². The van der Waals surface area contributed by atoms with Gasteiger partial charge >= 0.3 is 0 Å². The van der Waals surface area contributed by atoms with E-state index in [0.29, 0.717) is 5.92 Å². The van der Waals surface area contributed by atoms with Gasteiger partial charge in [0.1, 0.15) is 0 Å². The Morgan fingerprint density at radius 1 is 1.56 bits per heavy atom. The number of hydrogen-bond donors (Lipinski definition) is 1. The smallest absolute Gasteiger partial charge is 0 e. The summed E-state index contributed by atoms with van der Waals surface area (Å²) in [6.07, 6.45) is 3.89. The maximum atomic E-state index is 3.73. The maximum absolute atomic E-state index is 3.73. The summed E-state index contributed by atoms with van der Waals surface area (Å²) in [7, 11) is 0. The molecule has 0 aromatic carbocycles. The summed E-state index contributed by atoms with van der Waals surface area (Å²) in [4.78, 5) is 0. The molecule has 9 heavy (non-hydrogen) atoms. The Bertz CT molecular complexity index is 79.4. The molecule has 1 heterocycles. The SMILES string of the molecule is [CH2-]C1C=CN[CH-]1.[U].[V].[W]. The predicted molar refractivity (Wildman–Crippen MR) is 25.4 cm³/mol. The van der Waals surface area contributed by atoms with Crippen LogP contribution in [0.2, 0.25) is 0 Å².